The number of carbonyl (C=O) groups excluding carboxylic acids is 1. The molecule has 0 radical (unpaired) electrons. The van der Waals surface area contributed by atoms with Crippen molar-refractivity contribution in [3.8, 4) is 0 Å². The zero-order chi connectivity index (χ0) is 14.1. The van der Waals surface area contributed by atoms with E-state index in [9.17, 15) is 9.18 Å². The summed E-state index contributed by atoms with van der Waals surface area (Å²) in [5.41, 5.74) is 1.42. The summed E-state index contributed by atoms with van der Waals surface area (Å²) in [6, 6.07) is 9.76. The molecule has 3 rings (SSSR count). The van der Waals surface area contributed by atoms with Crippen molar-refractivity contribution in [1.29, 1.82) is 0 Å². The van der Waals surface area contributed by atoms with Gasteiger partial charge in [-0.05, 0) is 36.8 Å². The van der Waals surface area contributed by atoms with Gasteiger partial charge >= 0.3 is 0 Å². The van der Waals surface area contributed by atoms with Gasteiger partial charge in [0.25, 0.3) is 0 Å². The summed E-state index contributed by atoms with van der Waals surface area (Å²) in [6.07, 6.45) is 2.07. The molecule has 2 fully saturated rings. The van der Waals surface area contributed by atoms with Crippen LogP contribution in [0.1, 0.15) is 25.3 Å². The van der Waals surface area contributed by atoms with Crippen LogP contribution in [-0.2, 0) is 4.79 Å². The molecule has 3 nitrogen and oxygen atoms in total. The van der Waals surface area contributed by atoms with Crippen molar-refractivity contribution in [2.75, 3.05) is 6.54 Å². The number of allylic oxidation sites excluding steroid dienone is 1. The third-order valence-electron chi connectivity index (χ3n) is 4.22. The molecule has 1 heterocycles. The minimum atomic E-state index is -0.285. The predicted octanol–water partition coefficient (Wildman–Crippen LogP) is 2.25. The monoisotopic (exact) mass is 274 g/mol. The molecule has 1 aromatic rings. The molecule has 3 unspecified atom stereocenters. The van der Waals surface area contributed by atoms with Gasteiger partial charge in [-0.3, -0.25) is 4.79 Å². The molecule has 3 atom stereocenters. The zero-order valence-corrected chi connectivity index (χ0v) is 11.5. The Morgan fingerprint density at radius 1 is 1.35 bits per heavy atom. The molecule has 4 heteroatoms. The Morgan fingerprint density at radius 3 is 2.75 bits per heavy atom. The first-order valence-corrected chi connectivity index (χ1v) is 7.09. The van der Waals surface area contributed by atoms with Crippen molar-refractivity contribution in [2.24, 2.45) is 5.92 Å². The summed E-state index contributed by atoms with van der Waals surface area (Å²) in [6.45, 7) is 1.70. The highest BCUT2D eigenvalue weighted by Crippen LogP contribution is 2.40. The molecule has 0 aromatic heterocycles. The van der Waals surface area contributed by atoms with Crippen molar-refractivity contribution >= 4 is 11.5 Å². The molecule has 2 N–H and O–H groups in total. The molecule has 0 spiro atoms. The van der Waals surface area contributed by atoms with E-state index in [2.05, 4.69) is 10.6 Å². The topological polar surface area (TPSA) is 41.1 Å². The van der Waals surface area contributed by atoms with E-state index in [1.54, 1.807) is 6.92 Å². The molecule has 106 valence electrons. The van der Waals surface area contributed by atoms with Crippen molar-refractivity contribution in [1.82, 2.24) is 10.6 Å². The van der Waals surface area contributed by atoms with Crippen molar-refractivity contribution < 1.29 is 9.18 Å². The van der Waals surface area contributed by atoms with E-state index in [0.29, 0.717) is 17.5 Å². The second-order valence-electron chi connectivity index (χ2n) is 5.67. The highest BCUT2D eigenvalue weighted by atomic mass is 19.1. The molecule has 1 aromatic carbocycles. The summed E-state index contributed by atoms with van der Waals surface area (Å²) in [7, 11) is 0. The van der Waals surface area contributed by atoms with Gasteiger partial charge in [0.1, 0.15) is 5.83 Å². The normalized spacial score (nSPS) is 28.6. The lowest BCUT2D eigenvalue weighted by Crippen LogP contribution is -2.42. The number of rotatable bonds is 4. The standard InChI is InChI=1S/C16H19FN2O/c1-10(11-5-3-2-4-6-11)13(17)9-18-16(20)15-8-12-7-14(12)19-15/h2-6,12,14-15,19H,7-9H2,1H3,(H,18,20)/b13-10-. The maximum absolute atomic E-state index is 14.1. The summed E-state index contributed by atoms with van der Waals surface area (Å²) in [5.74, 6) is 0.290. The number of amides is 1. The van der Waals surface area contributed by atoms with Crippen LogP contribution in [0.4, 0.5) is 4.39 Å². The van der Waals surface area contributed by atoms with Crippen LogP contribution >= 0.6 is 0 Å². The van der Waals surface area contributed by atoms with Crippen LogP contribution in [0.15, 0.2) is 36.2 Å². The van der Waals surface area contributed by atoms with Gasteiger partial charge in [0, 0.05) is 6.04 Å². The largest absolute Gasteiger partial charge is 0.348 e. The Labute approximate surface area is 118 Å². The summed E-state index contributed by atoms with van der Waals surface area (Å²) < 4.78 is 14.1. The first-order valence-electron chi connectivity index (χ1n) is 7.09. The lowest BCUT2D eigenvalue weighted by molar-refractivity contribution is -0.122. The van der Waals surface area contributed by atoms with Crippen molar-refractivity contribution in [2.45, 2.75) is 31.8 Å². The van der Waals surface area contributed by atoms with Gasteiger partial charge in [-0.1, -0.05) is 30.3 Å². The number of benzene rings is 1. The van der Waals surface area contributed by atoms with E-state index >= 15 is 0 Å². The molecule has 1 aliphatic heterocycles. The number of carbonyl (C=O) groups is 1. The molecular formula is C16H19FN2O. The SMILES string of the molecule is C/C(=C(/F)CNC(=O)C1CC2CC2N1)c1ccccc1. The average molecular weight is 274 g/mol. The van der Waals surface area contributed by atoms with Crippen LogP contribution < -0.4 is 10.6 Å². The van der Waals surface area contributed by atoms with Crippen molar-refractivity contribution in [3.05, 3.63) is 41.7 Å². The van der Waals surface area contributed by atoms with Crippen LogP contribution in [0.3, 0.4) is 0 Å². The average Bonchev–Trinajstić information content (AvgIpc) is 3.10. The van der Waals surface area contributed by atoms with Crippen molar-refractivity contribution in [3.63, 3.8) is 0 Å². The number of piperidine rings is 1. The summed E-state index contributed by atoms with van der Waals surface area (Å²) in [5, 5.41) is 5.94. The Hall–Kier alpha value is -1.68. The number of fused-ring (bicyclic) bond motifs is 1. The fraction of sp³-hybridized carbons (Fsp3) is 0.438. The maximum atomic E-state index is 14.1. The Balaban J connectivity index is 1.56. The molecule has 2 aliphatic rings. The quantitative estimate of drug-likeness (QED) is 0.884. The Kier molecular flexibility index (Phi) is 3.57. The fourth-order valence-electron chi connectivity index (χ4n) is 2.79. The molecule has 1 saturated heterocycles. The number of halogens is 1. The number of hydrogen-bond donors (Lipinski definition) is 2. The number of hydrogen-bond acceptors (Lipinski definition) is 2. The summed E-state index contributed by atoms with van der Waals surface area (Å²) >= 11 is 0. The fourth-order valence-corrected chi connectivity index (χ4v) is 2.79. The molecule has 20 heavy (non-hydrogen) atoms. The minimum absolute atomic E-state index is 0.0346. The summed E-state index contributed by atoms with van der Waals surface area (Å²) in [4.78, 5) is 11.9. The van der Waals surface area contributed by atoms with E-state index < -0.39 is 0 Å². The van der Waals surface area contributed by atoms with E-state index in [-0.39, 0.29) is 24.3 Å². The molecule has 1 aliphatic carbocycles. The van der Waals surface area contributed by atoms with Gasteiger partial charge in [0.2, 0.25) is 5.91 Å². The van der Waals surface area contributed by atoms with Crippen LogP contribution in [0.2, 0.25) is 0 Å². The molecule has 0 bridgehead atoms. The van der Waals surface area contributed by atoms with Gasteiger partial charge in [-0.2, -0.15) is 0 Å². The molecule has 1 saturated carbocycles. The van der Waals surface area contributed by atoms with Crippen LogP contribution in [-0.4, -0.2) is 24.5 Å². The van der Waals surface area contributed by atoms with Gasteiger partial charge in [-0.15, -0.1) is 0 Å². The van der Waals surface area contributed by atoms with Crippen LogP contribution in [0, 0.1) is 5.92 Å². The smallest absolute Gasteiger partial charge is 0.237 e. The predicted molar refractivity (Wildman–Crippen MR) is 76.6 cm³/mol. The first-order chi connectivity index (χ1) is 9.65. The highest BCUT2D eigenvalue weighted by Gasteiger charge is 2.47. The maximum Gasteiger partial charge on any atom is 0.237 e. The highest BCUT2D eigenvalue weighted by molar-refractivity contribution is 5.83. The van der Waals surface area contributed by atoms with E-state index in [0.717, 1.165) is 12.0 Å². The molecule has 1 amide bonds. The van der Waals surface area contributed by atoms with Crippen LogP contribution in [0.25, 0.3) is 5.57 Å². The lowest BCUT2D eigenvalue weighted by atomic mass is 10.1. The second-order valence-corrected chi connectivity index (χ2v) is 5.67. The first kappa shape index (κ1) is 13.3. The van der Waals surface area contributed by atoms with E-state index in [1.807, 2.05) is 30.3 Å². The van der Waals surface area contributed by atoms with E-state index in [1.165, 1.54) is 6.42 Å². The second kappa shape index (κ2) is 5.37. The Morgan fingerprint density at radius 2 is 2.10 bits per heavy atom. The third kappa shape index (κ3) is 2.75. The van der Waals surface area contributed by atoms with Gasteiger partial charge in [0.05, 0.1) is 12.6 Å². The van der Waals surface area contributed by atoms with E-state index in [4.69, 9.17) is 0 Å². The molecular weight excluding hydrogens is 255 g/mol. The Bertz CT molecular complexity index is 531. The third-order valence-corrected chi connectivity index (χ3v) is 4.22. The van der Waals surface area contributed by atoms with Gasteiger partial charge < -0.3 is 10.6 Å². The zero-order valence-electron chi connectivity index (χ0n) is 11.5. The minimum Gasteiger partial charge on any atom is -0.348 e. The number of nitrogens with one attached hydrogen (secondary N) is 2. The lowest BCUT2D eigenvalue weighted by Gasteiger charge is -2.13. The van der Waals surface area contributed by atoms with Crippen LogP contribution in [0.5, 0.6) is 0 Å². The van der Waals surface area contributed by atoms with Gasteiger partial charge in [-0.25, -0.2) is 4.39 Å². The van der Waals surface area contributed by atoms with Gasteiger partial charge in [0.15, 0.2) is 0 Å².